The summed E-state index contributed by atoms with van der Waals surface area (Å²) in [6, 6.07) is 11.1. The Labute approximate surface area is 127 Å². The molecule has 2 fully saturated rings. The van der Waals surface area contributed by atoms with Gasteiger partial charge in [0.2, 0.25) is 0 Å². The van der Waals surface area contributed by atoms with E-state index in [9.17, 15) is 5.11 Å². The monoisotopic (exact) mass is 290 g/mol. The van der Waals surface area contributed by atoms with E-state index in [4.69, 9.17) is 4.74 Å². The first-order chi connectivity index (χ1) is 10.2. The van der Waals surface area contributed by atoms with Gasteiger partial charge in [-0.1, -0.05) is 30.3 Å². The predicted molar refractivity (Wildman–Crippen MR) is 83.1 cm³/mol. The van der Waals surface area contributed by atoms with Crippen molar-refractivity contribution in [3.63, 3.8) is 0 Å². The summed E-state index contributed by atoms with van der Waals surface area (Å²) in [6.45, 7) is 6.47. The number of nitrogens with one attached hydrogen (secondary N) is 1. The number of hydrogen-bond donors (Lipinski definition) is 2. The molecule has 1 aromatic carbocycles. The Bertz CT molecular complexity index is 453. The molecule has 3 atom stereocenters. The molecule has 2 heterocycles. The van der Waals surface area contributed by atoms with Gasteiger partial charge in [-0.2, -0.15) is 0 Å². The van der Waals surface area contributed by atoms with Crippen LogP contribution in [0.1, 0.15) is 25.3 Å². The Morgan fingerprint density at radius 3 is 2.90 bits per heavy atom. The molecule has 0 aromatic heterocycles. The van der Waals surface area contributed by atoms with Crippen molar-refractivity contribution in [1.29, 1.82) is 0 Å². The number of benzene rings is 1. The van der Waals surface area contributed by atoms with Crippen molar-refractivity contribution in [1.82, 2.24) is 10.2 Å². The Hall–Kier alpha value is -0.940. The van der Waals surface area contributed by atoms with Gasteiger partial charge in [-0.05, 0) is 18.9 Å². The highest BCUT2D eigenvalue weighted by atomic mass is 16.5. The van der Waals surface area contributed by atoms with Crippen molar-refractivity contribution in [2.45, 2.75) is 44.1 Å². The number of hydrogen-bond acceptors (Lipinski definition) is 4. The molecule has 0 spiro atoms. The third-order valence-corrected chi connectivity index (χ3v) is 4.88. The van der Waals surface area contributed by atoms with Crippen molar-refractivity contribution < 1.29 is 9.84 Å². The topological polar surface area (TPSA) is 44.7 Å². The normalized spacial score (nSPS) is 33.6. The summed E-state index contributed by atoms with van der Waals surface area (Å²) in [5.41, 5.74) is 0.682. The van der Waals surface area contributed by atoms with E-state index in [-0.39, 0.29) is 6.10 Å². The van der Waals surface area contributed by atoms with Gasteiger partial charge in [0, 0.05) is 45.2 Å². The second-order valence-electron chi connectivity index (χ2n) is 6.45. The molecule has 2 N–H and O–H groups in total. The molecule has 0 radical (unpaired) electrons. The second kappa shape index (κ2) is 6.44. The fourth-order valence-corrected chi connectivity index (χ4v) is 3.31. The third-order valence-electron chi connectivity index (χ3n) is 4.88. The van der Waals surface area contributed by atoms with E-state index in [0.717, 1.165) is 32.5 Å². The quantitative estimate of drug-likeness (QED) is 0.860. The summed E-state index contributed by atoms with van der Waals surface area (Å²) >= 11 is 0. The van der Waals surface area contributed by atoms with Gasteiger partial charge in [-0.3, -0.25) is 4.90 Å². The van der Waals surface area contributed by atoms with Gasteiger partial charge >= 0.3 is 0 Å². The zero-order valence-electron chi connectivity index (χ0n) is 12.8. The number of rotatable bonds is 5. The van der Waals surface area contributed by atoms with Crippen LogP contribution in [0.4, 0.5) is 0 Å². The molecule has 0 saturated carbocycles. The van der Waals surface area contributed by atoms with Gasteiger partial charge in [-0.25, -0.2) is 0 Å². The van der Waals surface area contributed by atoms with Crippen LogP contribution in [0, 0.1) is 0 Å². The molecule has 2 aliphatic heterocycles. The second-order valence-corrected chi connectivity index (χ2v) is 6.45. The minimum atomic E-state index is -0.688. The fraction of sp³-hybridized carbons (Fsp3) is 0.647. The molecule has 4 nitrogen and oxygen atoms in total. The van der Waals surface area contributed by atoms with Crippen molar-refractivity contribution >= 4 is 0 Å². The molecule has 2 saturated heterocycles. The van der Waals surface area contributed by atoms with Crippen molar-refractivity contribution in [3.05, 3.63) is 35.9 Å². The van der Waals surface area contributed by atoms with E-state index in [1.165, 1.54) is 5.56 Å². The van der Waals surface area contributed by atoms with E-state index in [2.05, 4.69) is 40.5 Å². The van der Waals surface area contributed by atoms with Crippen LogP contribution in [0.2, 0.25) is 0 Å². The van der Waals surface area contributed by atoms with Gasteiger partial charge in [0.15, 0.2) is 0 Å². The van der Waals surface area contributed by atoms with E-state index in [0.29, 0.717) is 19.2 Å². The van der Waals surface area contributed by atoms with Crippen LogP contribution in [-0.4, -0.2) is 54.0 Å². The van der Waals surface area contributed by atoms with Gasteiger partial charge in [0.05, 0.1) is 6.10 Å². The van der Waals surface area contributed by atoms with Gasteiger partial charge in [0.25, 0.3) is 0 Å². The number of aliphatic hydroxyl groups is 1. The SMILES string of the molecule is CC1OCCC1(O)CNC1CCN(Cc2ccccc2)C1. The van der Waals surface area contributed by atoms with E-state index >= 15 is 0 Å². The lowest BCUT2D eigenvalue weighted by Crippen LogP contribution is -2.49. The largest absolute Gasteiger partial charge is 0.386 e. The molecule has 0 bridgehead atoms. The fourth-order valence-electron chi connectivity index (χ4n) is 3.31. The lowest BCUT2D eigenvalue weighted by molar-refractivity contribution is -0.0275. The molecule has 21 heavy (non-hydrogen) atoms. The lowest BCUT2D eigenvalue weighted by atomic mass is 9.96. The molecular formula is C17H26N2O2. The van der Waals surface area contributed by atoms with Crippen LogP contribution >= 0.6 is 0 Å². The zero-order valence-corrected chi connectivity index (χ0v) is 12.8. The standard InChI is InChI=1S/C17H26N2O2/c1-14-17(20,8-10-21-14)13-18-16-7-9-19(12-16)11-15-5-3-2-4-6-15/h2-6,14,16,18,20H,7-13H2,1H3. The summed E-state index contributed by atoms with van der Waals surface area (Å²) in [5, 5.41) is 14.1. The maximum Gasteiger partial charge on any atom is 0.105 e. The summed E-state index contributed by atoms with van der Waals surface area (Å²) in [4.78, 5) is 2.48. The highest BCUT2D eigenvalue weighted by Gasteiger charge is 2.40. The minimum Gasteiger partial charge on any atom is -0.386 e. The van der Waals surface area contributed by atoms with Crippen molar-refractivity contribution in [3.8, 4) is 0 Å². The molecule has 1 aromatic rings. The number of ether oxygens (including phenoxy) is 1. The first-order valence-electron chi connectivity index (χ1n) is 7.99. The van der Waals surface area contributed by atoms with Crippen LogP contribution in [0.5, 0.6) is 0 Å². The summed E-state index contributed by atoms with van der Waals surface area (Å²) in [5.74, 6) is 0. The minimum absolute atomic E-state index is 0.0631. The van der Waals surface area contributed by atoms with Gasteiger partial charge < -0.3 is 15.2 Å². The molecule has 0 aliphatic carbocycles. The maximum absolute atomic E-state index is 10.5. The molecule has 3 rings (SSSR count). The Kier molecular flexibility index (Phi) is 4.60. The lowest BCUT2D eigenvalue weighted by Gasteiger charge is -2.28. The number of likely N-dealkylation sites (tertiary alicyclic amines) is 1. The predicted octanol–water partition coefficient (Wildman–Crippen LogP) is 1.39. The van der Waals surface area contributed by atoms with Gasteiger partial charge in [-0.15, -0.1) is 0 Å². The Morgan fingerprint density at radius 2 is 2.19 bits per heavy atom. The Morgan fingerprint density at radius 1 is 1.38 bits per heavy atom. The molecule has 0 amide bonds. The molecular weight excluding hydrogens is 264 g/mol. The van der Waals surface area contributed by atoms with Crippen molar-refractivity contribution in [2.75, 3.05) is 26.2 Å². The molecule has 2 aliphatic rings. The summed E-state index contributed by atoms with van der Waals surface area (Å²) in [7, 11) is 0. The van der Waals surface area contributed by atoms with Crippen LogP contribution < -0.4 is 5.32 Å². The van der Waals surface area contributed by atoms with Crippen LogP contribution in [0.15, 0.2) is 30.3 Å². The average molecular weight is 290 g/mol. The van der Waals surface area contributed by atoms with Gasteiger partial charge in [0.1, 0.15) is 5.60 Å². The van der Waals surface area contributed by atoms with Crippen LogP contribution in [0.25, 0.3) is 0 Å². The smallest absolute Gasteiger partial charge is 0.105 e. The molecule has 116 valence electrons. The molecule has 3 unspecified atom stereocenters. The summed E-state index contributed by atoms with van der Waals surface area (Å²) < 4.78 is 5.48. The number of nitrogens with zero attached hydrogens (tertiary/aromatic N) is 1. The van der Waals surface area contributed by atoms with Crippen LogP contribution in [0.3, 0.4) is 0 Å². The highest BCUT2D eigenvalue weighted by molar-refractivity contribution is 5.14. The highest BCUT2D eigenvalue weighted by Crippen LogP contribution is 2.25. The first-order valence-corrected chi connectivity index (χ1v) is 7.99. The average Bonchev–Trinajstić information content (AvgIpc) is 3.06. The van der Waals surface area contributed by atoms with Crippen molar-refractivity contribution in [2.24, 2.45) is 0 Å². The summed E-state index contributed by atoms with van der Waals surface area (Å²) in [6.07, 6.45) is 1.83. The Balaban J connectivity index is 1.45. The van der Waals surface area contributed by atoms with E-state index < -0.39 is 5.60 Å². The third kappa shape index (κ3) is 3.64. The molecule has 4 heteroatoms. The maximum atomic E-state index is 10.5. The first kappa shape index (κ1) is 15.0. The zero-order chi connectivity index (χ0) is 14.7. The van der Waals surface area contributed by atoms with E-state index in [1.807, 2.05) is 6.92 Å². The van der Waals surface area contributed by atoms with Crippen LogP contribution in [-0.2, 0) is 11.3 Å². The van der Waals surface area contributed by atoms with E-state index in [1.54, 1.807) is 0 Å².